The van der Waals surface area contributed by atoms with Crippen LogP contribution in [0.25, 0.3) is 0 Å². The Bertz CT molecular complexity index is 231. The van der Waals surface area contributed by atoms with Crippen LogP contribution in [0.2, 0.25) is 0 Å². The van der Waals surface area contributed by atoms with Crippen molar-refractivity contribution in [3.63, 3.8) is 0 Å². The first-order valence-corrected chi connectivity index (χ1v) is 3.52. The van der Waals surface area contributed by atoms with Gasteiger partial charge in [0, 0.05) is 6.61 Å². The van der Waals surface area contributed by atoms with Gasteiger partial charge in [-0.2, -0.15) is 30.7 Å². The van der Waals surface area contributed by atoms with E-state index in [2.05, 4.69) is 4.74 Å². The standard InChI is InChI=1S/C6H5F7O/c1-2-14-6(13)4(9,10)3(7,8)5(6,11)12/h2H2,1H3. The van der Waals surface area contributed by atoms with Crippen molar-refractivity contribution in [1.29, 1.82) is 0 Å². The molecular formula is C6H5F7O. The summed E-state index contributed by atoms with van der Waals surface area (Å²) >= 11 is 0. The lowest BCUT2D eigenvalue weighted by molar-refractivity contribution is -0.532. The number of hydrogen-bond acceptors (Lipinski definition) is 1. The molecule has 1 rings (SSSR count). The van der Waals surface area contributed by atoms with Crippen molar-refractivity contribution in [2.75, 3.05) is 6.61 Å². The van der Waals surface area contributed by atoms with Gasteiger partial charge in [-0.3, -0.25) is 0 Å². The molecular weight excluding hydrogens is 221 g/mol. The molecule has 1 aliphatic carbocycles. The molecule has 0 aromatic rings. The van der Waals surface area contributed by atoms with Gasteiger partial charge in [-0.25, -0.2) is 0 Å². The van der Waals surface area contributed by atoms with E-state index in [1.807, 2.05) is 0 Å². The minimum atomic E-state index is -5.72. The topological polar surface area (TPSA) is 9.23 Å². The Morgan fingerprint density at radius 1 is 0.786 bits per heavy atom. The maximum Gasteiger partial charge on any atom is 0.384 e. The Kier molecular flexibility index (Phi) is 2.09. The monoisotopic (exact) mass is 226 g/mol. The Balaban J connectivity index is 3.11. The van der Waals surface area contributed by atoms with Gasteiger partial charge in [0.2, 0.25) is 0 Å². The lowest BCUT2D eigenvalue weighted by Gasteiger charge is -2.52. The fourth-order valence-electron chi connectivity index (χ4n) is 1.12. The molecule has 0 heterocycles. The van der Waals surface area contributed by atoms with E-state index in [0.717, 1.165) is 6.92 Å². The van der Waals surface area contributed by atoms with Crippen molar-refractivity contribution < 1.29 is 35.5 Å². The average molecular weight is 226 g/mol. The molecule has 0 saturated heterocycles. The Hall–Kier alpha value is -0.530. The first-order valence-electron chi connectivity index (χ1n) is 3.52. The average Bonchev–Trinajstić information content (AvgIpc) is 2.02. The van der Waals surface area contributed by atoms with Crippen LogP contribution >= 0.6 is 0 Å². The maximum atomic E-state index is 12.8. The van der Waals surface area contributed by atoms with Crippen LogP contribution in [0.4, 0.5) is 30.7 Å². The number of hydrogen-bond donors (Lipinski definition) is 0. The first-order chi connectivity index (χ1) is 6.06. The molecule has 0 amide bonds. The molecule has 84 valence electrons. The summed E-state index contributed by atoms with van der Waals surface area (Å²) in [4.78, 5) is 0. The first kappa shape index (κ1) is 11.5. The van der Waals surface area contributed by atoms with Gasteiger partial charge in [0.05, 0.1) is 0 Å². The van der Waals surface area contributed by atoms with Crippen LogP contribution in [0.5, 0.6) is 0 Å². The Labute approximate surface area is 73.8 Å². The van der Waals surface area contributed by atoms with Crippen LogP contribution in [0.15, 0.2) is 0 Å². The Morgan fingerprint density at radius 2 is 1.14 bits per heavy atom. The molecule has 0 aromatic carbocycles. The molecule has 0 unspecified atom stereocenters. The van der Waals surface area contributed by atoms with E-state index >= 15 is 0 Å². The number of alkyl halides is 7. The highest BCUT2D eigenvalue weighted by molar-refractivity contribution is 5.23. The molecule has 0 bridgehead atoms. The molecule has 8 heteroatoms. The fraction of sp³-hybridized carbons (Fsp3) is 1.00. The van der Waals surface area contributed by atoms with Crippen LogP contribution < -0.4 is 0 Å². The van der Waals surface area contributed by atoms with Crippen molar-refractivity contribution >= 4 is 0 Å². The summed E-state index contributed by atoms with van der Waals surface area (Å²) in [5, 5.41) is 0. The zero-order valence-electron chi connectivity index (χ0n) is 6.76. The summed E-state index contributed by atoms with van der Waals surface area (Å²) < 4.78 is 89.6. The van der Waals surface area contributed by atoms with Gasteiger partial charge in [0.25, 0.3) is 0 Å². The van der Waals surface area contributed by atoms with Gasteiger partial charge in [-0.05, 0) is 6.92 Å². The van der Waals surface area contributed by atoms with Gasteiger partial charge in [0.15, 0.2) is 0 Å². The number of rotatable bonds is 2. The van der Waals surface area contributed by atoms with Gasteiger partial charge in [0.1, 0.15) is 0 Å². The van der Waals surface area contributed by atoms with E-state index in [0.29, 0.717) is 0 Å². The molecule has 1 fully saturated rings. The van der Waals surface area contributed by atoms with E-state index in [4.69, 9.17) is 0 Å². The fourth-order valence-corrected chi connectivity index (χ4v) is 1.12. The zero-order valence-corrected chi connectivity index (χ0v) is 6.76. The normalized spacial score (nSPS) is 30.9. The van der Waals surface area contributed by atoms with Crippen molar-refractivity contribution in [2.24, 2.45) is 0 Å². The summed E-state index contributed by atoms with van der Waals surface area (Å²) in [5.74, 6) is -21.7. The molecule has 0 atom stereocenters. The highest BCUT2D eigenvalue weighted by Crippen LogP contribution is 2.68. The lowest BCUT2D eigenvalue weighted by Crippen LogP contribution is -2.85. The number of ether oxygens (including phenoxy) is 1. The van der Waals surface area contributed by atoms with Crippen molar-refractivity contribution in [3.8, 4) is 0 Å². The van der Waals surface area contributed by atoms with Gasteiger partial charge < -0.3 is 4.74 Å². The summed E-state index contributed by atoms with van der Waals surface area (Å²) in [6, 6.07) is 0. The highest BCUT2D eigenvalue weighted by atomic mass is 19.4. The molecule has 0 spiro atoms. The minimum absolute atomic E-state index is 0.863. The number of halogens is 7. The van der Waals surface area contributed by atoms with Gasteiger partial charge in [-0.15, -0.1) is 0 Å². The molecule has 0 aliphatic heterocycles. The molecule has 1 nitrogen and oxygen atoms in total. The van der Waals surface area contributed by atoms with Crippen molar-refractivity contribution in [3.05, 3.63) is 0 Å². The van der Waals surface area contributed by atoms with Gasteiger partial charge >= 0.3 is 23.6 Å². The predicted molar refractivity (Wildman–Crippen MR) is 30.3 cm³/mol. The SMILES string of the molecule is CCOC1(F)C(F)(F)C(F)(F)C1(F)F. The highest BCUT2D eigenvalue weighted by Gasteiger charge is 3.01. The second kappa shape index (κ2) is 2.53. The third-order valence-electron chi connectivity index (χ3n) is 1.94. The molecule has 1 aliphatic rings. The van der Waals surface area contributed by atoms with Crippen LogP contribution in [-0.4, -0.2) is 30.2 Å². The summed E-state index contributed by atoms with van der Waals surface area (Å²) in [5.41, 5.74) is 0. The molecule has 0 aromatic heterocycles. The second-order valence-corrected chi connectivity index (χ2v) is 2.75. The molecule has 0 N–H and O–H groups in total. The zero-order chi connectivity index (χ0) is 11.4. The molecule has 14 heavy (non-hydrogen) atoms. The third kappa shape index (κ3) is 0.807. The summed E-state index contributed by atoms with van der Waals surface area (Å²) in [7, 11) is 0. The van der Waals surface area contributed by atoms with Gasteiger partial charge in [-0.1, -0.05) is 0 Å². The van der Waals surface area contributed by atoms with Crippen molar-refractivity contribution in [1.82, 2.24) is 0 Å². The second-order valence-electron chi connectivity index (χ2n) is 2.75. The largest absolute Gasteiger partial charge is 0.384 e. The van der Waals surface area contributed by atoms with E-state index in [1.165, 1.54) is 0 Å². The smallest absolute Gasteiger partial charge is 0.336 e. The van der Waals surface area contributed by atoms with E-state index in [-0.39, 0.29) is 0 Å². The minimum Gasteiger partial charge on any atom is -0.336 e. The van der Waals surface area contributed by atoms with Crippen LogP contribution in [0.1, 0.15) is 6.92 Å². The summed E-state index contributed by atoms with van der Waals surface area (Å²) in [6.45, 7) is 0.0711. The summed E-state index contributed by atoms with van der Waals surface area (Å²) in [6.07, 6.45) is 0. The van der Waals surface area contributed by atoms with Crippen LogP contribution in [0.3, 0.4) is 0 Å². The maximum absolute atomic E-state index is 12.8. The Morgan fingerprint density at radius 3 is 1.43 bits per heavy atom. The van der Waals surface area contributed by atoms with E-state index < -0.39 is 30.2 Å². The predicted octanol–water partition coefficient (Wildman–Crippen LogP) is 2.61. The van der Waals surface area contributed by atoms with Crippen LogP contribution in [-0.2, 0) is 4.74 Å². The van der Waals surface area contributed by atoms with Crippen LogP contribution in [0, 0.1) is 0 Å². The quantitative estimate of drug-likeness (QED) is 0.657. The molecule has 0 radical (unpaired) electrons. The van der Waals surface area contributed by atoms with Crippen molar-refractivity contribution in [2.45, 2.75) is 30.5 Å². The lowest BCUT2D eigenvalue weighted by atomic mass is 9.78. The third-order valence-corrected chi connectivity index (χ3v) is 1.94. The van der Waals surface area contributed by atoms with E-state index in [9.17, 15) is 30.7 Å². The molecule has 1 saturated carbocycles. The van der Waals surface area contributed by atoms with E-state index in [1.54, 1.807) is 0 Å².